The normalized spacial score (nSPS) is 22.2. The Labute approximate surface area is 152 Å². The number of guanidine groups is 1. The number of sulfonamides is 1. The van der Waals surface area contributed by atoms with E-state index in [0.29, 0.717) is 51.6 Å². The van der Waals surface area contributed by atoms with Crippen LogP contribution < -0.4 is 5.73 Å². The molecule has 0 aromatic rings. The minimum absolute atomic E-state index is 0. The minimum Gasteiger partial charge on any atom is -0.378 e. The number of nitrogens with two attached hydrogens (primary N) is 1. The average molecular weight is 468 g/mol. The van der Waals surface area contributed by atoms with Crippen molar-refractivity contribution < 1.29 is 21.9 Å². The first-order valence-electron chi connectivity index (χ1n) is 7.31. The van der Waals surface area contributed by atoms with Gasteiger partial charge in [-0.25, -0.2) is 8.42 Å². The van der Waals surface area contributed by atoms with Crippen molar-refractivity contribution in [3.8, 4) is 0 Å². The third kappa shape index (κ3) is 5.64. The topological polar surface area (TPSA) is 88.2 Å². The van der Waals surface area contributed by atoms with Gasteiger partial charge in [0.1, 0.15) is 0 Å². The summed E-state index contributed by atoms with van der Waals surface area (Å²) >= 11 is 0. The number of alkyl halides is 2. The van der Waals surface area contributed by atoms with Crippen LogP contribution in [0.3, 0.4) is 0 Å². The van der Waals surface area contributed by atoms with E-state index in [1.165, 1.54) is 0 Å². The number of nitrogens with zero attached hydrogens (tertiary/aromatic N) is 3. The summed E-state index contributed by atoms with van der Waals surface area (Å²) in [5, 5.41) is 0. The summed E-state index contributed by atoms with van der Waals surface area (Å²) in [6, 6.07) is 0. The van der Waals surface area contributed by atoms with Gasteiger partial charge in [-0.3, -0.25) is 4.99 Å². The minimum atomic E-state index is -4.45. The Hall–Kier alpha value is -0.270. The van der Waals surface area contributed by atoms with Crippen LogP contribution in [-0.4, -0.2) is 75.3 Å². The van der Waals surface area contributed by atoms with Crippen molar-refractivity contribution in [2.75, 3.05) is 45.9 Å². The van der Waals surface area contributed by atoms with E-state index in [2.05, 4.69) is 4.99 Å². The molecule has 0 aromatic heterocycles. The van der Waals surface area contributed by atoms with Crippen molar-refractivity contribution in [3.63, 3.8) is 0 Å². The molecule has 0 spiro atoms. The van der Waals surface area contributed by atoms with Gasteiger partial charge in [0.25, 0.3) is 10.0 Å². The van der Waals surface area contributed by atoms with Gasteiger partial charge in [0, 0.05) is 32.7 Å². The monoisotopic (exact) mass is 468 g/mol. The fraction of sp³-hybridized carbons (Fsp3) is 0.917. The highest BCUT2D eigenvalue weighted by atomic mass is 127. The Morgan fingerprint density at radius 2 is 1.78 bits per heavy atom. The highest BCUT2D eigenvalue weighted by molar-refractivity contribution is 14.0. The number of hydrogen-bond donors (Lipinski definition) is 1. The van der Waals surface area contributed by atoms with Crippen molar-refractivity contribution in [1.29, 1.82) is 0 Å². The van der Waals surface area contributed by atoms with Crippen LogP contribution >= 0.6 is 24.0 Å². The molecule has 0 bridgehead atoms. The molecule has 23 heavy (non-hydrogen) atoms. The van der Waals surface area contributed by atoms with Crippen molar-refractivity contribution in [2.24, 2.45) is 16.6 Å². The van der Waals surface area contributed by atoms with Gasteiger partial charge in [-0.15, -0.1) is 24.0 Å². The third-order valence-corrected chi connectivity index (χ3v) is 5.54. The summed E-state index contributed by atoms with van der Waals surface area (Å²) in [5.41, 5.74) is 5.92. The average Bonchev–Trinajstić information content (AvgIpc) is 2.53. The fourth-order valence-electron chi connectivity index (χ4n) is 2.57. The molecule has 0 aliphatic carbocycles. The quantitative estimate of drug-likeness (QED) is 0.369. The maximum absolute atomic E-state index is 12.5. The number of aliphatic imine (C=N–C) groups is 1. The second-order valence-electron chi connectivity index (χ2n) is 5.45. The lowest BCUT2D eigenvalue weighted by molar-refractivity contribution is 0.0673. The molecule has 0 radical (unpaired) electrons. The van der Waals surface area contributed by atoms with Gasteiger partial charge >= 0.3 is 5.76 Å². The molecule has 2 N–H and O–H groups in total. The molecule has 136 valence electrons. The second-order valence-corrected chi connectivity index (χ2v) is 7.35. The van der Waals surface area contributed by atoms with Crippen molar-refractivity contribution in [1.82, 2.24) is 9.21 Å². The van der Waals surface area contributed by atoms with Gasteiger partial charge in [-0.05, 0) is 18.8 Å². The number of hydrogen-bond acceptors (Lipinski definition) is 4. The molecule has 2 rings (SSSR count). The lowest BCUT2D eigenvalue weighted by Gasteiger charge is -2.31. The smallest absolute Gasteiger partial charge is 0.350 e. The molecule has 2 heterocycles. The first-order chi connectivity index (χ1) is 10.4. The van der Waals surface area contributed by atoms with Crippen LogP contribution in [0.25, 0.3) is 0 Å². The first-order valence-corrected chi connectivity index (χ1v) is 8.81. The SMILES string of the molecule is I.NC(=NCC1CCN(S(=O)(=O)C(F)F)CC1)N1CCOCC1. The van der Waals surface area contributed by atoms with E-state index in [1.54, 1.807) is 0 Å². The van der Waals surface area contributed by atoms with E-state index >= 15 is 0 Å². The summed E-state index contributed by atoms with van der Waals surface area (Å²) in [5.74, 6) is -2.71. The van der Waals surface area contributed by atoms with Crippen LogP contribution in [0.2, 0.25) is 0 Å². The molecular weight excluding hydrogens is 445 g/mol. The number of piperidine rings is 1. The highest BCUT2D eigenvalue weighted by Gasteiger charge is 2.34. The van der Waals surface area contributed by atoms with Gasteiger partial charge < -0.3 is 15.4 Å². The molecule has 2 fully saturated rings. The highest BCUT2D eigenvalue weighted by Crippen LogP contribution is 2.22. The molecule has 11 heteroatoms. The van der Waals surface area contributed by atoms with Crippen LogP contribution in [0.5, 0.6) is 0 Å². The maximum atomic E-state index is 12.5. The van der Waals surface area contributed by atoms with Gasteiger partial charge in [0.05, 0.1) is 13.2 Å². The van der Waals surface area contributed by atoms with Gasteiger partial charge in [0.2, 0.25) is 0 Å². The molecule has 2 aliphatic heterocycles. The number of halogens is 3. The summed E-state index contributed by atoms with van der Waals surface area (Å²) in [6.45, 7) is 3.39. The summed E-state index contributed by atoms with van der Waals surface area (Å²) in [6.07, 6.45) is 1.04. The zero-order valence-electron chi connectivity index (χ0n) is 12.7. The van der Waals surface area contributed by atoms with Crippen LogP contribution in [0.15, 0.2) is 4.99 Å². The van der Waals surface area contributed by atoms with E-state index in [4.69, 9.17) is 10.5 Å². The standard InChI is InChI=1S/C12H22F2N4O3S.HI/c13-11(14)22(19,20)18-3-1-10(2-4-18)9-16-12(15)17-5-7-21-8-6-17;/h10-11H,1-9H2,(H2,15,16);1H. The Kier molecular flexibility index (Phi) is 8.38. The molecule has 0 unspecified atom stereocenters. The largest absolute Gasteiger partial charge is 0.378 e. The Morgan fingerprint density at radius 3 is 2.30 bits per heavy atom. The first kappa shape index (κ1) is 20.8. The Morgan fingerprint density at radius 1 is 1.22 bits per heavy atom. The van der Waals surface area contributed by atoms with Crippen LogP contribution in [0, 0.1) is 5.92 Å². The summed E-state index contributed by atoms with van der Waals surface area (Å²) < 4.78 is 53.8. The molecule has 7 nitrogen and oxygen atoms in total. The van der Waals surface area contributed by atoms with E-state index < -0.39 is 15.8 Å². The molecule has 0 saturated carbocycles. The fourth-order valence-corrected chi connectivity index (χ4v) is 3.52. The van der Waals surface area contributed by atoms with E-state index in [9.17, 15) is 17.2 Å². The van der Waals surface area contributed by atoms with Crippen molar-refractivity contribution in [2.45, 2.75) is 18.6 Å². The van der Waals surface area contributed by atoms with Crippen LogP contribution in [-0.2, 0) is 14.8 Å². The van der Waals surface area contributed by atoms with Gasteiger partial charge in [-0.2, -0.15) is 13.1 Å². The third-order valence-electron chi connectivity index (χ3n) is 4.01. The number of rotatable bonds is 4. The Bertz CT molecular complexity index is 493. The number of morpholine rings is 1. The zero-order valence-corrected chi connectivity index (χ0v) is 15.9. The van der Waals surface area contributed by atoms with Crippen LogP contribution in [0.1, 0.15) is 12.8 Å². The molecule has 2 saturated heterocycles. The van der Waals surface area contributed by atoms with E-state index in [-0.39, 0.29) is 43.0 Å². The van der Waals surface area contributed by atoms with Crippen LogP contribution in [0.4, 0.5) is 8.78 Å². The zero-order chi connectivity index (χ0) is 16.2. The second kappa shape index (κ2) is 9.28. The predicted octanol–water partition coefficient (Wildman–Crippen LogP) is 0.516. The molecule has 0 amide bonds. The lowest BCUT2D eigenvalue weighted by atomic mass is 9.98. The summed E-state index contributed by atoms with van der Waals surface area (Å²) in [4.78, 5) is 6.29. The molecular formula is C12H23F2IN4O3S. The number of ether oxygens (including phenoxy) is 1. The van der Waals surface area contributed by atoms with Gasteiger partial charge in [-0.1, -0.05) is 0 Å². The Balaban J connectivity index is 0.00000264. The molecule has 0 aromatic carbocycles. The van der Waals surface area contributed by atoms with Gasteiger partial charge in [0.15, 0.2) is 5.96 Å². The van der Waals surface area contributed by atoms with E-state index in [1.807, 2.05) is 4.90 Å². The maximum Gasteiger partial charge on any atom is 0.350 e. The summed E-state index contributed by atoms with van der Waals surface area (Å²) in [7, 11) is -4.45. The molecule has 0 atom stereocenters. The predicted molar refractivity (Wildman–Crippen MR) is 93.5 cm³/mol. The van der Waals surface area contributed by atoms with Crippen molar-refractivity contribution >= 4 is 40.0 Å². The van der Waals surface area contributed by atoms with E-state index in [0.717, 1.165) is 4.31 Å². The van der Waals surface area contributed by atoms with Crippen molar-refractivity contribution in [3.05, 3.63) is 0 Å². The molecule has 2 aliphatic rings. The lowest BCUT2D eigenvalue weighted by Crippen LogP contribution is -2.45.